The van der Waals surface area contributed by atoms with Gasteiger partial charge in [-0.05, 0) is 55.7 Å². The Balaban J connectivity index is 1.52. The predicted molar refractivity (Wildman–Crippen MR) is 98.6 cm³/mol. The summed E-state index contributed by atoms with van der Waals surface area (Å²) < 4.78 is 18.5. The van der Waals surface area contributed by atoms with Crippen LogP contribution in [0.1, 0.15) is 30.3 Å². The van der Waals surface area contributed by atoms with Gasteiger partial charge in [-0.3, -0.25) is 0 Å². The quantitative estimate of drug-likeness (QED) is 0.738. The first kappa shape index (κ1) is 17.2. The molecule has 1 atom stereocenters. The molecule has 1 aliphatic rings. The van der Waals surface area contributed by atoms with Crippen molar-refractivity contribution in [1.82, 2.24) is 15.0 Å². The second-order valence-electron chi connectivity index (χ2n) is 6.56. The average molecular weight is 366 g/mol. The molecule has 0 unspecified atom stereocenters. The molecule has 1 saturated heterocycles. The van der Waals surface area contributed by atoms with E-state index in [2.05, 4.69) is 15.5 Å². The first-order valence-corrected chi connectivity index (χ1v) is 8.84. The minimum atomic E-state index is -0.322. The molecule has 27 heavy (non-hydrogen) atoms. The Morgan fingerprint density at radius 2 is 2.00 bits per heavy atom. The van der Waals surface area contributed by atoms with E-state index < -0.39 is 0 Å². The van der Waals surface area contributed by atoms with Crippen LogP contribution >= 0.6 is 0 Å². The molecule has 2 aromatic carbocycles. The Morgan fingerprint density at radius 1 is 1.22 bits per heavy atom. The zero-order valence-corrected chi connectivity index (χ0v) is 14.9. The van der Waals surface area contributed by atoms with Gasteiger partial charge in [0.2, 0.25) is 11.7 Å². The van der Waals surface area contributed by atoms with E-state index in [0.717, 1.165) is 24.1 Å². The lowest BCUT2D eigenvalue weighted by Crippen LogP contribution is -2.34. The number of para-hydroxylation sites is 1. The van der Waals surface area contributed by atoms with Crippen molar-refractivity contribution in [2.75, 3.05) is 11.9 Å². The van der Waals surface area contributed by atoms with Crippen molar-refractivity contribution >= 4 is 11.7 Å². The van der Waals surface area contributed by atoms with E-state index in [-0.39, 0.29) is 17.9 Å². The van der Waals surface area contributed by atoms with Crippen molar-refractivity contribution in [2.45, 2.75) is 25.8 Å². The van der Waals surface area contributed by atoms with Crippen LogP contribution in [-0.2, 0) is 0 Å². The number of carbonyl (C=O) groups excluding carboxylic acids is 1. The van der Waals surface area contributed by atoms with Crippen molar-refractivity contribution in [2.24, 2.45) is 0 Å². The third kappa shape index (κ3) is 3.53. The molecule has 3 aromatic rings. The molecule has 0 radical (unpaired) electrons. The van der Waals surface area contributed by atoms with Crippen molar-refractivity contribution in [3.8, 4) is 11.4 Å². The molecule has 1 aromatic heterocycles. The van der Waals surface area contributed by atoms with E-state index in [1.165, 1.54) is 12.1 Å². The largest absolute Gasteiger partial charge is 0.337 e. The third-order valence-corrected chi connectivity index (χ3v) is 4.73. The number of halogens is 1. The van der Waals surface area contributed by atoms with Crippen LogP contribution in [0.3, 0.4) is 0 Å². The monoisotopic (exact) mass is 366 g/mol. The maximum absolute atomic E-state index is 13.1. The van der Waals surface area contributed by atoms with Gasteiger partial charge in [0.05, 0.1) is 0 Å². The first-order chi connectivity index (χ1) is 13.1. The Kier molecular flexibility index (Phi) is 4.58. The molecule has 4 rings (SSSR count). The van der Waals surface area contributed by atoms with Gasteiger partial charge >= 0.3 is 6.03 Å². The number of hydrogen-bond acceptors (Lipinski definition) is 4. The summed E-state index contributed by atoms with van der Waals surface area (Å²) in [4.78, 5) is 18.9. The van der Waals surface area contributed by atoms with Crippen molar-refractivity contribution in [3.05, 3.63) is 65.8 Å². The molecular formula is C20H19FN4O2. The number of nitrogens with one attached hydrogen (secondary N) is 1. The summed E-state index contributed by atoms with van der Waals surface area (Å²) in [6.07, 6.45) is 1.62. The molecule has 138 valence electrons. The molecule has 7 heteroatoms. The van der Waals surface area contributed by atoms with Crippen LogP contribution in [0.5, 0.6) is 0 Å². The van der Waals surface area contributed by atoms with Crippen LogP contribution in [0.15, 0.2) is 53.1 Å². The highest BCUT2D eigenvalue weighted by Crippen LogP contribution is 2.32. The van der Waals surface area contributed by atoms with Crippen LogP contribution in [0.2, 0.25) is 0 Å². The molecule has 2 heterocycles. The fourth-order valence-corrected chi connectivity index (χ4v) is 3.25. The number of aromatic nitrogens is 2. The molecule has 2 amide bonds. The maximum atomic E-state index is 13.1. The first-order valence-electron chi connectivity index (χ1n) is 8.84. The zero-order valence-electron chi connectivity index (χ0n) is 14.9. The molecule has 0 bridgehead atoms. The molecular weight excluding hydrogens is 347 g/mol. The van der Waals surface area contributed by atoms with Gasteiger partial charge in [-0.1, -0.05) is 23.4 Å². The Morgan fingerprint density at radius 3 is 2.78 bits per heavy atom. The lowest BCUT2D eigenvalue weighted by Gasteiger charge is -2.22. The lowest BCUT2D eigenvalue weighted by molar-refractivity contribution is 0.193. The highest BCUT2D eigenvalue weighted by Gasteiger charge is 2.34. The van der Waals surface area contributed by atoms with Gasteiger partial charge in [-0.2, -0.15) is 4.98 Å². The highest BCUT2D eigenvalue weighted by atomic mass is 19.1. The van der Waals surface area contributed by atoms with Crippen LogP contribution < -0.4 is 5.32 Å². The summed E-state index contributed by atoms with van der Waals surface area (Å²) in [6.45, 7) is 2.57. The van der Waals surface area contributed by atoms with Crippen molar-refractivity contribution in [3.63, 3.8) is 0 Å². The summed E-state index contributed by atoms with van der Waals surface area (Å²) >= 11 is 0. The van der Waals surface area contributed by atoms with E-state index in [4.69, 9.17) is 4.52 Å². The third-order valence-electron chi connectivity index (χ3n) is 4.73. The maximum Gasteiger partial charge on any atom is 0.322 e. The standard InChI is InChI=1S/C20H19FN4O2/c1-13-5-2-3-6-16(13)22-20(26)25-12-4-7-17(25)19-23-18(24-27-19)14-8-10-15(21)11-9-14/h2-3,5-6,8-11,17H,4,7,12H2,1H3,(H,22,26)/t17-/m0/s1. The fraction of sp³-hybridized carbons (Fsp3) is 0.250. The average Bonchev–Trinajstić information content (AvgIpc) is 3.33. The minimum Gasteiger partial charge on any atom is -0.337 e. The summed E-state index contributed by atoms with van der Waals surface area (Å²) in [7, 11) is 0. The number of likely N-dealkylation sites (tertiary alicyclic amines) is 1. The van der Waals surface area contributed by atoms with Crippen molar-refractivity contribution < 1.29 is 13.7 Å². The van der Waals surface area contributed by atoms with Gasteiger partial charge in [0, 0.05) is 17.8 Å². The number of carbonyl (C=O) groups is 1. The molecule has 0 aliphatic carbocycles. The smallest absolute Gasteiger partial charge is 0.322 e. The molecule has 0 saturated carbocycles. The predicted octanol–water partition coefficient (Wildman–Crippen LogP) is 4.55. The summed E-state index contributed by atoms with van der Waals surface area (Å²) in [5.74, 6) is 0.459. The summed E-state index contributed by atoms with van der Waals surface area (Å²) in [5.41, 5.74) is 2.45. The van der Waals surface area contributed by atoms with Crippen LogP contribution in [0.25, 0.3) is 11.4 Å². The Hall–Kier alpha value is -3.22. The molecule has 1 aliphatic heterocycles. The van der Waals surface area contributed by atoms with Crippen molar-refractivity contribution in [1.29, 1.82) is 0 Å². The molecule has 1 fully saturated rings. The number of amides is 2. The Labute approximate surface area is 156 Å². The van der Waals surface area contributed by atoms with Crippen LogP contribution in [0, 0.1) is 12.7 Å². The molecule has 0 spiro atoms. The van der Waals surface area contributed by atoms with Gasteiger partial charge < -0.3 is 14.7 Å². The molecule has 1 N–H and O–H groups in total. The van der Waals surface area contributed by atoms with E-state index in [1.54, 1.807) is 17.0 Å². The normalized spacial score (nSPS) is 16.5. The minimum absolute atomic E-state index is 0.187. The number of anilines is 1. The van der Waals surface area contributed by atoms with Gasteiger partial charge in [0.25, 0.3) is 0 Å². The summed E-state index contributed by atoms with van der Waals surface area (Å²) in [5, 5.41) is 6.94. The lowest BCUT2D eigenvalue weighted by atomic mass is 10.2. The van der Waals surface area contributed by atoms with Gasteiger partial charge in [-0.15, -0.1) is 0 Å². The summed E-state index contributed by atoms with van der Waals surface area (Å²) in [6, 6.07) is 13.1. The number of rotatable bonds is 3. The number of urea groups is 1. The number of benzene rings is 2. The highest BCUT2D eigenvalue weighted by molar-refractivity contribution is 5.90. The topological polar surface area (TPSA) is 71.3 Å². The number of nitrogens with zero attached hydrogens (tertiary/aromatic N) is 3. The zero-order chi connectivity index (χ0) is 18.8. The van der Waals surface area contributed by atoms with Gasteiger partial charge in [0.15, 0.2) is 0 Å². The molecule has 6 nitrogen and oxygen atoms in total. The van der Waals surface area contributed by atoms with E-state index in [1.807, 2.05) is 31.2 Å². The van der Waals surface area contributed by atoms with Crippen LogP contribution in [0.4, 0.5) is 14.9 Å². The number of hydrogen-bond donors (Lipinski definition) is 1. The Bertz CT molecular complexity index is 955. The van der Waals surface area contributed by atoms with E-state index in [9.17, 15) is 9.18 Å². The van der Waals surface area contributed by atoms with Crippen LogP contribution in [-0.4, -0.2) is 27.6 Å². The SMILES string of the molecule is Cc1ccccc1NC(=O)N1CCC[C@H]1c1nc(-c2ccc(F)cc2)no1. The second-order valence-corrected chi connectivity index (χ2v) is 6.56. The van der Waals surface area contributed by atoms with E-state index >= 15 is 0 Å². The van der Waals surface area contributed by atoms with E-state index in [0.29, 0.717) is 23.8 Å². The van der Waals surface area contributed by atoms with Gasteiger partial charge in [-0.25, -0.2) is 9.18 Å². The second kappa shape index (κ2) is 7.19. The number of aryl methyl sites for hydroxylation is 1. The van der Waals surface area contributed by atoms with Gasteiger partial charge in [0.1, 0.15) is 11.9 Å². The fourth-order valence-electron chi connectivity index (χ4n) is 3.25.